The number of alkyl halides is 1. The lowest BCUT2D eigenvalue weighted by atomic mass is 10.1. The van der Waals surface area contributed by atoms with Crippen LogP contribution in [0.2, 0.25) is 0 Å². The number of piperazine rings is 1. The first-order valence-electron chi connectivity index (χ1n) is 9.46. The molecule has 1 aromatic rings. The summed E-state index contributed by atoms with van der Waals surface area (Å²) in [5, 5.41) is 0. The Morgan fingerprint density at radius 3 is 2.22 bits per heavy atom. The highest BCUT2D eigenvalue weighted by Gasteiger charge is 2.30. The Hall–Kier alpha value is -1.95. The Labute approximate surface area is 166 Å². The first-order chi connectivity index (χ1) is 12.8. The van der Waals surface area contributed by atoms with Crippen LogP contribution < -0.4 is 9.80 Å². The average Bonchev–Trinajstić information content (AvgIpc) is 3.01. The summed E-state index contributed by atoms with van der Waals surface area (Å²) in [4.78, 5) is 30.1. The van der Waals surface area contributed by atoms with E-state index in [1.807, 2.05) is 49.9 Å². The second-order valence-corrected chi connectivity index (χ2v) is 8.51. The molecule has 2 saturated heterocycles. The van der Waals surface area contributed by atoms with Crippen LogP contribution in [-0.2, 0) is 9.53 Å². The number of anilines is 2. The molecular weight excluding hydrogens is 366 g/mol. The molecule has 0 radical (unpaired) electrons. The number of carbonyl (C=O) groups is 2. The highest BCUT2D eigenvalue weighted by Crippen LogP contribution is 2.28. The molecule has 27 heavy (non-hydrogen) atoms. The predicted octanol–water partition coefficient (Wildman–Crippen LogP) is 3.34. The Bertz CT molecular complexity index is 679. The van der Waals surface area contributed by atoms with Crippen LogP contribution in [0.5, 0.6) is 0 Å². The lowest BCUT2D eigenvalue weighted by Crippen LogP contribution is -2.50. The van der Waals surface area contributed by atoms with Gasteiger partial charge in [0.2, 0.25) is 5.91 Å². The van der Waals surface area contributed by atoms with Crippen LogP contribution >= 0.6 is 11.6 Å². The molecule has 0 saturated carbocycles. The smallest absolute Gasteiger partial charge is 0.410 e. The van der Waals surface area contributed by atoms with Crippen LogP contribution in [0.25, 0.3) is 0 Å². The van der Waals surface area contributed by atoms with Gasteiger partial charge in [0.25, 0.3) is 0 Å². The monoisotopic (exact) mass is 393 g/mol. The zero-order chi connectivity index (χ0) is 19.6. The summed E-state index contributed by atoms with van der Waals surface area (Å²) in [6, 6.07) is 8.06. The molecule has 1 aromatic carbocycles. The first-order valence-corrected chi connectivity index (χ1v) is 9.99. The minimum absolute atomic E-state index is 0.138. The van der Waals surface area contributed by atoms with Gasteiger partial charge in [0.05, 0.1) is 0 Å². The molecule has 2 heterocycles. The van der Waals surface area contributed by atoms with Gasteiger partial charge in [-0.2, -0.15) is 0 Å². The van der Waals surface area contributed by atoms with E-state index in [1.54, 1.807) is 4.90 Å². The molecule has 0 spiro atoms. The van der Waals surface area contributed by atoms with Gasteiger partial charge in [-0.15, -0.1) is 11.6 Å². The maximum atomic E-state index is 12.2. The molecule has 3 rings (SSSR count). The van der Waals surface area contributed by atoms with Crippen LogP contribution in [0.4, 0.5) is 16.2 Å². The van der Waals surface area contributed by atoms with Gasteiger partial charge in [0.15, 0.2) is 0 Å². The van der Waals surface area contributed by atoms with Gasteiger partial charge in [-0.05, 0) is 51.0 Å². The van der Waals surface area contributed by atoms with Crippen molar-refractivity contribution < 1.29 is 14.3 Å². The topological polar surface area (TPSA) is 53.1 Å². The minimum atomic E-state index is -0.473. The lowest BCUT2D eigenvalue weighted by Gasteiger charge is -2.36. The quantitative estimate of drug-likeness (QED) is 0.739. The van der Waals surface area contributed by atoms with E-state index in [4.69, 9.17) is 16.3 Å². The summed E-state index contributed by atoms with van der Waals surface area (Å²) < 4.78 is 5.44. The summed E-state index contributed by atoms with van der Waals surface area (Å²) in [7, 11) is 0. The van der Waals surface area contributed by atoms with Gasteiger partial charge in [0, 0.05) is 56.4 Å². The highest BCUT2D eigenvalue weighted by atomic mass is 35.5. The third kappa shape index (κ3) is 4.86. The van der Waals surface area contributed by atoms with E-state index in [2.05, 4.69) is 4.90 Å². The van der Waals surface area contributed by atoms with Gasteiger partial charge >= 0.3 is 6.09 Å². The number of hydrogen-bond acceptors (Lipinski definition) is 4. The van der Waals surface area contributed by atoms with Crippen molar-refractivity contribution in [1.29, 1.82) is 0 Å². The maximum Gasteiger partial charge on any atom is 0.410 e. The maximum absolute atomic E-state index is 12.2. The summed E-state index contributed by atoms with van der Waals surface area (Å²) in [5.41, 5.74) is 1.55. The van der Waals surface area contributed by atoms with E-state index < -0.39 is 5.60 Å². The van der Waals surface area contributed by atoms with Crippen molar-refractivity contribution in [3.05, 3.63) is 24.3 Å². The SMILES string of the molecule is CC(C)(C)OC(=O)N1CCN(c2ccc(N3CC(CCl)CC3=O)cc2)CC1. The summed E-state index contributed by atoms with van der Waals surface area (Å²) in [6.07, 6.45) is 0.275. The molecule has 0 N–H and O–H groups in total. The number of carbonyl (C=O) groups excluding carboxylic acids is 2. The van der Waals surface area contributed by atoms with Gasteiger partial charge < -0.3 is 19.4 Å². The molecule has 0 bridgehead atoms. The van der Waals surface area contributed by atoms with Crippen molar-refractivity contribution >= 4 is 35.0 Å². The molecule has 1 atom stereocenters. The number of ether oxygens (including phenoxy) is 1. The average molecular weight is 394 g/mol. The largest absolute Gasteiger partial charge is 0.444 e. The fourth-order valence-corrected chi connectivity index (χ4v) is 3.66. The molecule has 0 aliphatic carbocycles. The molecule has 2 aliphatic rings. The highest BCUT2D eigenvalue weighted by molar-refractivity contribution is 6.18. The van der Waals surface area contributed by atoms with Crippen molar-refractivity contribution in [1.82, 2.24) is 4.90 Å². The Kier molecular flexibility index (Phi) is 5.84. The van der Waals surface area contributed by atoms with E-state index in [0.717, 1.165) is 24.5 Å². The predicted molar refractivity (Wildman–Crippen MR) is 108 cm³/mol. The number of nitrogens with zero attached hydrogens (tertiary/aromatic N) is 3. The molecule has 148 valence electrons. The third-order valence-corrected chi connectivity index (χ3v) is 5.32. The molecule has 2 amide bonds. The first kappa shape index (κ1) is 19.8. The van der Waals surface area contributed by atoms with Crippen molar-refractivity contribution in [3.63, 3.8) is 0 Å². The van der Waals surface area contributed by atoms with Crippen LogP contribution in [0.3, 0.4) is 0 Å². The van der Waals surface area contributed by atoms with Crippen molar-refractivity contribution in [2.24, 2.45) is 5.92 Å². The minimum Gasteiger partial charge on any atom is -0.444 e. The van der Waals surface area contributed by atoms with Crippen LogP contribution in [0.15, 0.2) is 24.3 Å². The van der Waals surface area contributed by atoms with Gasteiger partial charge in [0.1, 0.15) is 5.60 Å². The molecule has 1 unspecified atom stereocenters. The van der Waals surface area contributed by atoms with E-state index in [9.17, 15) is 9.59 Å². The summed E-state index contributed by atoms with van der Waals surface area (Å²) >= 11 is 5.90. The zero-order valence-corrected chi connectivity index (χ0v) is 17.0. The number of amides is 2. The molecule has 2 aliphatic heterocycles. The second kappa shape index (κ2) is 7.97. The van der Waals surface area contributed by atoms with E-state index in [-0.39, 0.29) is 17.9 Å². The normalized spacial score (nSPS) is 21.0. The molecule has 7 heteroatoms. The number of hydrogen-bond donors (Lipinski definition) is 0. The second-order valence-electron chi connectivity index (χ2n) is 8.20. The molecule has 0 aromatic heterocycles. The lowest BCUT2D eigenvalue weighted by molar-refractivity contribution is -0.117. The van der Waals surface area contributed by atoms with Crippen LogP contribution in [-0.4, -0.2) is 61.1 Å². The van der Waals surface area contributed by atoms with E-state index >= 15 is 0 Å². The molecule has 6 nitrogen and oxygen atoms in total. The molecule has 2 fully saturated rings. The van der Waals surface area contributed by atoms with Crippen molar-refractivity contribution in [2.45, 2.75) is 32.8 Å². The van der Waals surface area contributed by atoms with E-state index in [1.165, 1.54) is 0 Å². The summed E-state index contributed by atoms with van der Waals surface area (Å²) in [5.74, 6) is 0.890. The van der Waals surface area contributed by atoms with Crippen LogP contribution in [0.1, 0.15) is 27.2 Å². The van der Waals surface area contributed by atoms with Gasteiger partial charge in [-0.25, -0.2) is 4.79 Å². The Balaban J connectivity index is 1.56. The standard InChI is InChI=1S/C20H28ClN3O3/c1-20(2,3)27-19(26)23-10-8-22(9-11-23)16-4-6-17(7-5-16)24-14-15(13-21)12-18(24)25/h4-7,15H,8-14H2,1-3H3. The van der Waals surface area contributed by atoms with Crippen molar-refractivity contribution in [3.8, 4) is 0 Å². The zero-order valence-electron chi connectivity index (χ0n) is 16.3. The van der Waals surface area contributed by atoms with Gasteiger partial charge in [-0.1, -0.05) is 0 Å². The number of benzene rings is 1. The fraction of sp³-hybridized carbons (Fsp3) is 0.600. The number of halogens is 1. The molecular formula is C20H28ClN3O3. The van der Waals surface area contributed by atoms with Crippen molar-refractivity contribution in [2.75, 3.05) is 48.4 Å². The Morgan fingerprint density at radius 2 is 1.70 bits per heavy atom. The number of rotatable bonds is 3. The third-order valence-electron chi connectivity index (χ3n) is 4.88. The Morgan fingerprint density at radius 1 is 1.11 bits per heavy atom. The fourth-order valence-electron chi connectivity index (χ4n) is 3.45. The van der Waals surface area contributed by atoms with Crippen LogP contribution in [0, 0.1) is 5.92 Å². The van der Waals surface area contributed by atoms with Gasteiger partial charge in [-0.3, -0.25) is 4.79 Å². The summed E-state index contributed by atoms with van der Waals surface area (Å²) in [6.45, 7) is 9.12. The van der Waals surface area contributed by atoms with E-state index in [0.29, 0.717) is 31.9 Å².